The van der Waals surface area contributed by atoms with Crippen molar-refractivity contribution in [3.8, 4) is 0 Å². The number of rotatable bonds is 7. The number of imidazole rings is 1. The zero-order valence-electron chi connectivity index (χ0n) is 17.8. The average molecular weight is 425 g/mol. The number of carbonyl (C=O) groups excluding carboxylic acids is 2. The molecule has 1 aliphatic carbocycles. The lowest BCUT2D eigenvalue weighted by atomic mass is 9.91. The van der Waals surface area contributed by atoms with Crippen molar-refractivity contribution in [3.63, 3.8) is 0 Å². The lowest BCUT2D eigenvalue weighted by molar-refractivity contribution is -0.116. The lowest BCUT2D eigenvalue weighted by Gasteiger charge is -2.13. The van der Waals surface area contributed by atoms with Gasteiger partial charge in [0.15, 0.2) is 5.78 Å². The normalized spacial score (nSPS) is 13.5. The summed E-state index contributed by atoms with van der Waals surface area (Å²) < 4.78 is 0. The van der Waals surface area contributed by atoms with E-state index in [4.69, 9.17) is 5.41 Å². The Hall–Kier alpha value is -4.06. The van der Waals surface area contributed by atoms with Crippen LogP contribution in [-0.4, -0.2) is 27.4 Å². The van der Waals surface area contributed by atoms with E-state index in [1.54, 1.807) is 12.3 Å². The van der Waals surface area contributed by atoms with Gasteiger partial charge in [-0.15, -0.1) is 0 Å². The van der Waals surface area contributed by atoms with Crippen molar-refractivity contribution in [3.05, 3.63) is 95.6 Å². The van der Waals surface area contributed by atoms with Crippen LogP contribution in [0.1, 0.15) is 42.4 Å². The van der Waals surface area contributed by atoms with Crippen molar-refractivity contribution in [1.29, 1.82) is 5.41 Å². The van der Waals surface area contributed by atoms with Crippen LogP contribution in [0.3, 0.4) is 0 Å². The Bertz CT molecular complexity index is 1240. The van der Waals surface area contributed by atoms with Gasteiger partial charge in [0, 0.05) is 41.6 Å². The molecular weight excluding hydrogens is 400 g/mol. The third kappa shape index (κ3) is 4.81. The second-order valence-corrected chi connectivity index (χ2v) is 7.69. The van der Waals surface area contributed by atoms with Gasteiger partial charge in [-0.1, -0.05) is 49.4 Å². The quantitative estimate of drug-likeness (QED) is 0.475. The highest BCUT2D eigenvalue weighted by Crippen LogP contribution is 2.26. The number of ketones is 1. The third-order valence-corrected chi connectivity index (χ3v) is 5.17. The van der Waals surface area contributed by atoms with E-state index in [9.17, 15) is 9.59 Å². The van der Waals surface area contributed by atoms with E-state index in [1.165, 1.54) is 6.08 Å². The first-order chi connectivity index (χ1) is 15.5. The van der Waals surface area contributed by atoms with Crippen molar-refractivity contribution >= 4 is 34.2 Å². The van der Waals surface area contributed by atoms with E-state index < -0.39 is 0 Å². The molecule has 3 aromatic rings. The molecule has 0 fully saturated rings. The highest BCUT2D eigenvalue weighted by Gasteiger charge is 2.22. The van der Waals surface area contributed by atoms with Crippen LogP contribution in [0.4, 0.5) is 5.69 Å². The van der Waals surface area contributed by atoms with Crippen molar-refractivity contribution in [2.24, 2.45) is 0 Å². The first-order valence-corrected chi connectivity index (χ1v) is 10.6. The minimum Gasteiger partial charge on any atom is -0.342 e. The predicted octanol–water partition coefficient (Wildman–Crippen LogP) is 4.81. The van der Waals surface area contributed by atoms with Gasteiger partial charge in [0.25, 0.3) is 0 Å². The maximum Gasteiger partial charge on any atom is 0.224 e. The van der Waals surface area contributed by atoms with E-state index in [-0.39, 0.29) is 17.4 Å². The van der Waals surface area contributed by atoms with Crippen LogP contribution in [0.2, 0.25) is 0 Å². The minimum atomic E-state index is -0.143. The van der Waals surface area contributed by atoms with E-state index in [2.05, 4.69) is 15.3 Å². The molecule has 0 bridgehead atoms. The van der Waals surface area contributed by atoms with Crippen LogP contribution in [0.25, 0.3) is 11.1 Å². The number of hydrogen-bond donors (Lipinski definition) is 3. The van der Waals surface area contributed by atoms with E-state index in [0.29, 0.717) is 29.8 Å². The van der Waals surface area contributed by atoms with Crippen molar-refractivity contribution in [2.75, 3.05) is 5.32 Å². The Balaban J connectivity index is 1.48. The van der Waals surface area contributed by atoms with Crippen molar-refractivity contribution in [2.45, 2.75) is 26.2 Å². The molecule has 160 valence electrons. The lowest BCUT2D eigenvalue weighted by Crippen LogP contribution is -2.12. The van der Waals surface area contributed by atoms with Crippen LogP contribution in [-0.2, 0) is 16.0 Å². The van der Waals surface area contributed by atoms with Crippen LogP contribution >= 0.6 is 0 Å². The van der Waals surface area contributed by atoms with E-state index in [0.717, 1.165) is 28.9 Å². The number of H-pyrrole nitrogens is 1. The molecule has 1 heterocycles. The molecule has 1 aliphatic rings. The van der Waals surface area contributed by atoms with Crippen LogP contribution in [0.5, 0.6) is 0 Å². The van der Waals surface area contributed by atoms with Crippen molar-refractivity contribution in [1.82, 2.24) is 9.97 Å². The zero-order valence-corrected chi connectivity index (χ0v) is 17.8. The number of anilines is 1. The molecule has 1 amide bonds. The summed E-state index contributed by atoms with van der Waals surface area (Å²) in [5.41, 5.74) is 4.66. The van der Waals surface area contributed by atoms with Gasteiger partial charge in [0.05, 0.1) is 5.71 Å². The number of aromatic nitrogens is 2. The smallest absolute Gasteiger partial charge is 0.224 e. The Morgan fingerprint density at radius 3 is 2.66 bits per heavy atom. The monoisotopic (exact) mass is 424 g/mol. The summed E-state index contributed by atoms with van der Waals surface area (Å²) in [6, 6.07) is 17.0. The molecular formula is C26H24N4O2. The van der Waals surface area contributed by atoms with Crippen molar-refractivity contribution < 1.29 is 9.59 Å². The first kappa shape index (κ1) is 21.2. The largest absolute Gasteiger partial charge is 0.342 e. The number of carbonyl (C=O) groups is 2. The highest BCUT2D eigenvalue weighted by atomic mass is 16.1. The van der Waals surface area contributed by atoms with Gasteiger partial charge in [-0.3, -0.25) is 9.59 Å². The Morgan fingerprint density at radius 1 is 1.06 bits per heavy atom. The topological polar surface area (TPSA) is 98.7 Å². The average Bonchev–Trinajstić information content (AvgIpc) is 3.24. The summed E-state index contributed by atoms with van der Waals surface area (Å²) >= 11 is 0. The van der Waals surface area contributed by atoms with Crippen LogP contribution in [0, 0.1) is 5.41 Å². The standard InChI is InChI=1S/C26H24N4O2/c1-2-7-25(32)29-19-11-6-8-17(12-19)13-20-16-28-26(30-20)22-15-24(31)21(14-23(22)27)18-9-4-3-5-10-18/h3-6,8-12,14-16,27H,2,7,13H2,1H3,(H,28,30)(H,29,32). The summed E-state index contributed by atoms with van der Waals surface area (Å²) in [6.07, 6.45) is 6.66. The van der Waals surface area contributed by atoms with Gasteiger partial charge in [-0.25, -0.2) is 4.98 Å². The Kier molecular flexibility index (Phi) is 6.22. The first-order valence-electron chi connectivity index (χ1n) is 10.6. The fourth-order valence-corrected chi connectivity index (χ4v) is 3.63. The summed E-state index contributed by atoms with van der Waals surface area (Å²) in [7, 11) is 0. The third-order valence-electron chi connectivity index (χ3n) is 5.17. The number of amides is 1. The molecule has 4 rings (SSSR count). The van der Waals surface area contributed by atoms with Gasteiger partial charge in [-0.05, 0) is 41.8 Å². The van der Waals surface area contributed by atoms with E-state index >= 15 is 0 Å². The van der Waals surface area contributed by atoms with Gasteiger partial charge >= 0.3 is 0 Å². The molecule has 0 radical (unpaired) electrons. The zero-order chi connectivity index (χ0) is 22.5. The predicted molar refractivity (Wildman–Crippen MR) is 127 cm³/mol. The molecule has 0 aliphatic heterocycles. The molecule has 0 spiro atoms. The van der Waals surface area contributed by atoms with E-state index in [1.807, 2.05) is 61.5 Å². The molecule has 3 N–H and O–H groups in total. The molecule has 6 nitrogen and oxygen atoms in total. The van der Waals surface area contributed by atoms with Gasteiger partial charge in [-0.2, -0.15) is 0 Å². The fraction of sp³-hybridized carbons (Fsp3) is 0.154. The molecule has 0 unspecified atom stereocenters. The summed E-state index contributed by atoms with van der Waals surface area (Å²) in [4.78, 5) is 32.1. The second kappa shape index (κ2) is 9.39. The number of hydrogen-bond acceptors (Lipinski definition) is 4. The van der Waals surface area contributed by atoms with Gasteiger partial charge in [0.2, 0.25) is 5.91 Å². The number of allylic oxidation sites excluding steroid dienone is 4. The molecule has 0 saturated heterocycles. The molecule has 6 heteroatoms. The fourth-order valence-electron chi connectivity index (χ4n) is 3.63. The molecule has 0 atom stereocenters. The highest BCUT2D eigenvalue weighted by molar-refractivity contribution is 6.44. The number of aromatic amines is 1. The number of benzene rings is 2. The van der Waals surface area contributed by atoms with Gasteiger partial charge < -0.3 is 15.7 Å². The second-order valence-electron chi connectivity index (χ2n) is 7.69. The minimum absolute atomic E-state index is 0.00354. The number of nitrogens with one attached hydrogen (secondary N) is 3. The summed E-state index contributed by atoms with van der Waals surface area (Å²) in [6.45, 7) is 1.97. The SMILES string of the molecule is CCCC(=O)Nc1cccc(Cc2cnc(C3=CC(=O)C(c4ccccc4)=CC3=N)[nH]2)c1. The number of nitrogens with zero attached hydrogens (tertiary/aromatic N) is 1. The van der Waals surface area contributed by atoms with Crippen LogP contribution < -0.4 is 5.32 Å². The Labute approximate surface area is 186 Å². The van der Waals surface area contributed by atoms with Crippen LogP contribution in [0.15, 0.2) is 72.9 Å². The molecule has 2 aromatic carbocycles. The maximum atomic E-state index is 12.7. The summed E-state index contributed by atoms with van der Waals surface area (Å²) in [5.74, 6) is 0.355. The molecule has 0 saturated carbocycles. The summed E-state index contributed by atoms with van der Waals surface area (Å²) in [5, 5.41) is 11.3. The molecule has 1 aromatic heterocycles. The van der Waals surface area contributed by atoms with Gasteiger partial charge in [0.1, 0.15) is 5.82 Å². The maximum absolute atomic E-state index is 12.7. The Morgan fingerprint density at radius 2 is 1.88 bits per heavy atom. The molecule has 32 heavy (non-hydrogen) atoms.